The summed E-state index contributed by atoms with van der Waals surface area (Å²) in [5.41, 5.74) is 2.02. The Morgan fingerprint density at radius 1 is 0.929 bits per heavy atom. The molecule has 0 unspecified atom stereocenters. The van der Waals surface area contributed by atoms with Crippen LogP contribution in [-0.2, 0) is 16.1 Å². The summed E-state index contributed by atoms with van der Waals surface area (Å²) in [6.45, 7) is 0.0792. The van der Waals surface area contributed by atoms with E-state index >= 15 is 0 Å². The number of halogens is 1. The summed E-state index contributed by atoms with van der Waals surface area (Å²) < 4.78 is 24.9. The van der Waals surface area contributed by atoms with Crippen LogP contribution in [-0.4, -0.2) is 11.9 Å². The van der Waals surface area contributed by atoms with Crippen molar-refractivity contribution < 1.29 is 18.7 Å². The molecule has 138 valence electrons. The Hall–Kier alpha value is -3.73. The third kappa shape index (κ3) is 3.83. The maximum atomic E-state index is 13.8. The molecule has 0 aromatic heterocycles. The monoisotopic (exact) mass is 373 g/mol. The normalized spacial score (nSPS) is 14.7. The van der Waals surface area contributed by atoms with Gasteiger partial charge in [-0.15, -0.1) is 0 Å². The lowest BCUT2D eigenvalue weighted by atomic mass is 10.1. The molecule has 0 N–H and O–H groups in total. The summed E-state index contributed by atoms with van der Waals surface area (Å²) >= 11 is 0. The molecule has 1 aliphatic rings. The third-order valence-corrected chi connectivity index (χ3v) is 4.19. The van der Waals surface area contributed by atoms with Crippen molar-refractivity contribution in [2.45, 2.75) is 6.61 Å². The molecule has 4 rings (SSSR count). The number of carbonyl (C=O) groups is 1. The number of aliphatic imine (C=N–C) groups is 1. The van der Waals surface area contributed by atoms with Gasteiger partial charge in [0.15, 0.2) is 5.70 Å². The molecule has 0 fully saturated rings. The number of nitrogens with zero attached hydrogens (tertiary/aromatic N) is 1. The van der Waals surface area contributed by atoms with Crippen LogP contribution >= 0.6 is 0 Å². The van der Waals surface area contributed by atoms with E-state index in [1.807, 2.05) is 42.5 Å². The van der Waals surface area contributed by atoms with Gasteiger partial charge < -0.3 is 9.47 Å². The van der Waals surface area contributed by atoms with Gasteiger partial charge in [0.1, 0.15) is 18.2 Å². The van der Waals surface area contributed by atoms with Crippen LogP contribution in [0.25, 0.3) is 6.08 Å². The Labute approximate surface area is 161 Å². The Bertz CT molecular complexity index is 1070. The Morgan fingerprint density at radius 3 is 2.46 bits per heavy atom. The van der Waals surface area contributed by atoms with Gasteiger partial charge in [-0.2, -0.15) is 0 Å². The number of carbonyl (C=O) groups excluding carboxylic acids is 1. The average molecular weight is 373 g/mol. The minimum Gasteiger partial charge on any atom is -0.488 e. The molecule has 3 aromatic rings. The van der Waals surface area contributed by atoms with E-state index < -0.39 is 5.97 Å². The van der Waals surface area contributed by atoms with Crippen molar-refractivity contribution in [1.29, 1.82) is 0 Å². The minimum atomic E-state index is -0.525. The maximum absolute atomic E-state index is 13.8. The highest BCUT2D eigenvalue weighted by atomic mass is 19.1. The van der Waals surface area contributed by atoms with Gasteiger partial charge >= 0.3 is 5.97 Å². The van der Waals surface area contributed by atoms with Crippen LogP contribution in [0.1, 0.15) is 16.7 Å². The van der Waals surface area contributed by atoms with Crippen LogP contribution in [0, 0.1) is 5.82 Å². The lowest BCUT2D eigenvalue weighted by Crippen LogP contribution is -2.05. The predicted molar refractivity (Wildman–Crippen MR) is 104 cm³/mol. The number of para-hydroxylation sites is 1. The number of hydrogen-bond acceptors (Lipinski definition) is 4. The van der Waals surface area contributed by atoms with Crippen LogP contribution < -0.4 is 4.74 Å². The molecule has 0 saturated heterocycles. The molecule has 0 aliphatic carbocycles. The Morgan fingerprint density at radius 2 is 1.64 bits per heavy atom. The van der Waals surface area contributed by atoms with Crippen molar-refractivity contribution in [3.05, 3.63) is 107 Å². The first-order valence-electron chi connectivity index (χ1n) is 8.74. The lowest BCUT2D eigenvalue weighted by molar-refractivity contribution is -0.129. The molecule has 0 saturated carbocycles. The van der Waals surface area contributed by atoms with E-state index in [1.165, 1.54) is 6.07 Å². The van der Waals surface area contributed by atoms with Crippen LogP contribution in [0.4, 0.5) is 4.39 Å². The molecule has 4 nitrogen and oxygen atoms in total. The number of benzene rings is 3. The van der Waals surface area contributed by atoms with E-state index in [-0.39, 0.29) is 24.0 Å². The second-order valence-corrected chi connectivity index (χ2v) is 6.12. The van der Waals surface area contributed by atoms with Gasteiger partial charge in [-0.05, 0) is 30.3 Å². The van der Waals surface area contributed by atoms with Crippen molar-refractivity contribution >= 4 is 17.9 Å². The van der Waals surface area contributed by atoms with E-state index in [0.717, 1.165) is 5.56 Å². The predicted octanol–water partition coefficient (Wildman–Crippen LogP) is 4.75. The van der Waals surface area contributed by atoms with E-state index in [0.29, 0.717) is 16.9 Å². The van der Waals surface area contributed by atoms with Crippen molar-refractivity contribution in [3.8, 4) is 5.75 Å². The topological polar surface area (TPSA) is 47.9 Å². The van der Waals surface area contributed by atoms with Gasteiger partial charge in [0.25, 0.3) is 0 Å². The molecule has 1 heterocycles. The molecular formula is C23H16FNO3. The molecule has 28 heavy (non-hydrogen) atoms. The van der Waals surface area contributed by atoms with Gasteiger partial charge in [0.2, 0.25) is 5.90 Å². The first-order chi connectivity index (χ1) is 13.7. The van der Waals surface area contributed by atoms with Gasteiger partial charge in [-0.1, -0.05) is 54.6 Å². The number of rotatable bonds is 5. The van der Waals surface area contributed by atoms with Crippen LogP contribution in [0.2, 0.25) is 0 Å². The van der Waals surface area contributed by atoms with Gasteiger partial charge in [0.05, 0.1) is 0 Å². The van der Waals surface area contributed by atoms with E-state index in [4.69, 9.17) is 9.47 Å². The smallest absolute Gasteiger partial charge is 0.363 e. The zero-order valence-corrected chi connectivity index (χ0v) is 14.8. The van der Waals surface area contributed by atoms with Crippen LogP contribution in [0.15, 0.2) is 89.6 Å². The molecule has 0 radical (unpaired) electrons. The Balaban J connectivity index is 1.59. The molecule has 0 amide bonds. The van der Waals surface area contributed by atoms with E-state index in [9.17, 15) is 9.18 Å². The zero-order chi connectivity index (χ0) is 19.3. The quantitative estimate of drug-likeness (QED) is 0.479. The van der Waals surface area contributed by atoms with E-state index in [2.05, 4.69) is 4.99 Å². The average Bonchev–Trinajstić information content (AvgIpc) is 3.09. The molecule has 0 atom stereocenters. The molecule has 5 heteroatoms. The fourth-order valence-electron chi connectivity index (χ4n) is 2.76. The third-order valence-electron chi connectivity index (χ3n) is 4.19. The summed E-state index contributed by atoms with van der Waals surface area (Å²) in [7, 11) is 0. The fraction of sp³-hybridized carbons (Fsp3) is 0.0435. The van der Waals surface area contributed by atoms with Gasteiger partial charge in [0, 0.05) is 16.7 Å². The number of ether oxygens (including phenoxy) is 2. The Kier molecular flexibility index (Phi) is 4.97. The molecule has 3 aromatic carbocycles. The fourth-order valence-corrected chi connectivity index (χ4v) is 2.76. The highest BCUT2D eigenvalue weighted by Crippen LogP contribution is 2.25. The van der Waals surface area contributed by atoms with Crippen molar-refractivity contribution in [2.75, 3.05) is 0 Å². The van der Waals surface area contributed by atoms with Gasteiger partial charge in [-0.25, -0.2) is 14.2 Å². The summed E-state index contributed by atoms with van der Waals surface area (Å²) in [6, 6.07) is 22.8. The van der Waals surface area contributed by atoms with Crippen LogP contribution in [0.3, 0.4) is 0 Å². The SMILES string of the molecule is O=C1OC(c2ccccc2)=N/C1=C\c1ccccc1OCc1ccccc1F. The van der Waals surface area contributed by atoms with Crippen molar-refractivity contribution in [1.82, 2.24) is 0 Å². The van der Waals surface area contributed by atoms with Crippen molar-refractivity contribution in [2.24, 2.45) is 4.99 Å². The number of cyclic esters (lactones) is 1. The second-order valence-electron chi connectivity index (χ2n) is 6.12. The summed E-state index contributed by atoms with van der Waals surface area (Å²) in [4.78, 5) is 16.5. The summed E-state index contributed by atoms with van der Waals surface area (Å²) in [5, 5.41) is 0. The number of hydrogen-bond donors (Lipinski definition) is 0. The van der Waals surface area contributed by atoms with Gasteiger partial charge in [-0.3, -0.25) is 0 Å². The second kappa shape index (κ2) is 7.88. The highest BCUT2D eigenvalue weighted by molar-refractivity contribution is 6.12. The first kappa shape index (κ1) is 17.7. The van der Waals surface area contributed by atoms with Crippen molar-refractivity contribution in [3.63, 3.8) is 0 Å². The molecular weight excluding hydrogens is 357 g/mol. The first-order valence-corrected chi connectivity index (χ1v) is 8.74. The standard InChI is InChI=1S/C23H16FNO3/c24-19-12-6-4-11-18(19)15-27-21-13-7-5-10-17(21)14-20-23(26)28-22(25-20)16-8-2-1-3-9-16/h1-14H,15H2/b20-14-. The minimum absolute atomic E-state index is 0.0792. The molecule has 0 spiro atoms. The van der Waals surface area contributed by atoms with E-state index in [1.54, 1.807) is 36.4 Å². The molecule has 0 bridgehead atoms. The maximum Gasteiger partial charge on any atom is 0.363 e. The largest absolute Gasteiger partial charge is 0.488 e. The zero-order valence-electron chi connectivity index (χ0n) is 14.8. The molecule has 1 aliphatic heterocycles. The highest BCUT2D eigenvalue weighted by Gasteiger charge is 2.24. The summed E-state index contributed by atoms with van der Waals surface area (Å²) in [5.74, 6) is -0.0615. The number of esters is 1. The summed E-state index contributed by atoms with van der Waals surface area (Å²) in [6.07, 6.45) is 1.61. The lowest BCUT2D eigenvalue weighted by Gasteiger charge is -2.10. The van der Waals surface area contributed by atoms with Crippen LogP contribution in [0.5, 0.6) is 5.75 Å².